The van der Waals surface area contributed by atoms with E-state index in [0.717, 1.165) is 0 Å². The maximum atomic E-state index is 0. The van der Waals surface area contributed by atoms with Crippen LogP contribution in [0.4, 0.5) is 0 Å². The molecular weight excluding hydrogens is 122 g/mol. The summed E-state index contributed by atoms with van der Waals surface area (Å²) in [5, 5.41) is 0. The van der Waals surface area contributed by atoms with E-state index < -0.39 is 0 Å². The molecule has 0 aliphatic carbocycles. The molecule has 4 heavy (non-hydrogen) atoms. The summed E-state index contributed by atoms with van der Waals surface area (Å²) in [6, 6.07) is 0. The van der Waals surface area contributed by atoms with Gasteiger partial charge in [0.2, 0.25) is 0 Å². The molecule has 2 nitrogen and oxygen atoms in total. The molecule has 0 aliphatic heterocycles. The zero-order valence-electron chi connectivity index (χ0n) is 1.57. The van der Waals surface area contributed by atoms with Crippen LogP contribution in [0.15, 0.2) is 0 Å². The Balaban J connectivity index is 0. The molecule has 0 N–H and O–H groups in total. The minimum Gasteiger partial charge on any atom is -2.00 e. The molecule has 0 bridgehead atoms. The van der Waals surface area contributed by atoms with Crippen LogP contribution in [0.3, 0.4) is 0 Å². The molecule has 0 heterocycles. The van der Waals surface area contributed by atoms with Crippen molar-refractivity contribution >= 4 is 0 Å². The monoisotopic (exact) mass is 122 g/mol. The van der Waals surface area contributed by atoms with Crippen LogP contribution >= 0.6 is 0 Å². The van der Waals surface area contributed by atoms with Crippen LogP contribution in [0.5, 0.6) is 0 Å². The van der Waals surface area contributed by atoms with Crippen LogP contribution < -0.4 is 12.4 Å². The fourth-order valence-electron chi connectivity index (χ4n) is 0. The van der Waals surface area contributed by atoms with E-state index in [1.807, 2.05) is 0 Å². The predicted octanol–water partition coefficient (Wildman–Crippen LogP) is -3.24. The minimum atomic E-state index is 0. The van der Waals surface area contributed by atoms with E-state index in [-0.39, 0.29) is 40.4 Å². The molecule has 0 atom stereocenters. The molecule has 0 saturated heterocycles. The maximum Gasteiger partial charge on any atom is 0 e. The molecule has 0 amide bonds. The first-order valence-corrected chi connectivity index (χ1v) is 0. The van der Waals surface area contributed by atoms with Crippen LogP contribution in [-0.2, 0) is 28.0 Å². The second-order valence-corrected chi connectivity index (χ2v) is 0. The summed E-state index contributed by atoms with van der Waals surface area (Å²) in [6.07, 6.45) is 0. The van der Waals surface area contributed by atoms with Crippen molar-refractivity contribution < 1.29 is 40.4 Å². The van der Waals surface area contributed by atoms with Gasteiger partial charge in [0, 0.05) is 17.1 Å². The van der Waals surface area contributed by atoms with Gasteiger partial charge in [0.25, 0.3) is 0 Å². The summed E-state index contributed by atoms with van der Waals surface area (Å²) in [5.74, 6) is 0. The molecule has 0 aromatic heterocycles. The summed E-state index contributed by atoms with van der Waals surface area (Å²) >= 11 is 0. The predicted molar refractivity (Wildman–Crippen MR) is 1.37 cm³/mol. The van der Waals surface area contributed by atoms with Gasteiger partial charge >= 0.3 is 0 Å². The third-order valence-corrected chi connectivity index (χ3v) is 0. The number of rotatable bonds is 0. The van der Waals surface area contributed by atoms with Gasteiger partial charge in [-0.3, -0.25) is 0 Å². The van der Waals surface area contributed by atoms with E-state index in [4.69, 9.17) is 0 Å². The first-order chi connectivity index (χ1) is 0. The van der Waals surface area contributed by atoms with E-state index in [1.54, 1.807) is 0 Å². The molecule has 0 fully saturated rings. The van der Waals surface area contributed by atoms with Gasteiger partial charge in [0.1, 0.15) is 0 Å². The second-order valence-electron chi connectivity index (χ2n) is 0. The van der Waals surface area contributed by atoms with Gasteiger partial charge in [-0.05, 0) is 0 Å². The zero-order valence-corrected chi connectivity index (χ0v) is 3.51. The molecule has 0 saturated carbocycles. The van der Waals surface area contributed by atoms with Gasteiger partial charge < -0.3 is 23.4 Å². The first-order valence-electron chi connectivity index (χ1n) is 0. The van der Waals surface area contributed by atoms with Gasteiger partial charge in [0.15, 0.2) is 0 Å². The van der Waals surface area contributed by atoms with E-state index in [2.05, 4.69) is 0 Å². The Bertz CT molecular complexity index is 6.00. The second kappa shape index (κ2) is 52.2. The van der Waals surface area contributed by atoms with Crippen molar-refractivity contribution in [3.05, 3.63) is 0 Å². The van der Waals surface area contributed by atoms with Crippen molar-refractivity contribution in [3.63, 3.8) is 0 Å². The van der Waals surface area contributed by atoms with Crippen LogP contribution in [-0.4, -0.2) is 0 Å². The van der Waals surface area contributed by atoms with Crippen LogP contribution in [0.1, 0.15) is 0 Å². The third-order valence-electron chi connectivity index (χ3n) is 0. The van der Waals surface area contributed by atoms with E-state index >= 15 is 0 Å². The van der Waals surface area contributed by atoms with Gasteiger partial charge in [-0.2, -0.15) is 0 Å². The Morgan fingerprint density at radius 1 is 0.750 bits per heavy atom. The minimum absolute atomic E-state index is 0. The van der Waals surface area contributed by atoms with Crippen molar-refractivity contribution in [1.82, 2.24) is 0 Å². The molecule has 0 aromatic rings. The fourth-order valence-corrected chi connectivity index (χ4v) is 0. The molecule has 0 spiro atoms. The average Bonchev–Trinajstić information content (AvgIpc) is 0. The summed E-state index contributed by atoms with van der Waals surface area (Å²) in [6.45, 7) is 0. The SMILES string of the molecule is [Cl-].[Mn].[O-2].[O-2]. The van der Waals surface area contributed by atoms with Gasteiger partial charge in [0.05, 0.1) is 0 Å². The van der Waals surface area contributed by atoms with Gasteiger partial charge in [-0.25, -0.2) is 0 Å². The van der Waals surface area contributed by atoms with Crippen molar-refractivity contribution in [1.29, 1.82) is 0 Å². The molecule has 0 aromatic carbocycles. The Hall–Kier alpha value is 0.729. The average molecular weight is 122 g/mol. The normalized spacial score (nSPS) is 0. The molecular formula is ClMnO2-5. The number of hydrogen-bond acceptors (Lipinski definition) is 0. The Kier molecular flexibility index (Phi) is 1610. The quantitative estimate of drug-likeness (QED) is 0.303. The standard InChI is InChI=1S/ClH.Mn.2O/h1H;;;/q;;2*-2/p-1. The molecule has 1 radical (unpaired) electrons. The molecule has 4 heteroatoms. The van der Waals surface area contributed by atoms with Crippen LogP contribution in [0.25, 0.3) is 0 Å². The largest absolute Gasteiger partial charge is 2.00 e. The van der Waals surface area contributed by atoms with Crippen molar-refractivity contribution in [2.45, 2.75) is 0 Å². The molecule has 0 rings (SSSR count). The Morgan fingerprint density at radius 3 is 0.750 bits per heavy atom. The van der Waals surface area contributed by atoms with Crippen molar-refractivity contribution in [3.8, 4) is 0 Å². The summed E-state index contributed by atoms with van der Waals surface area (Å²) in [5.41, 5.74) is 0. The van der Waals surface area contributed by atoms with Crippen molar-refractivity contribution in [2.24, 2.45) is 0 Å². The smallest absolute Gasteiger partial charge is 0 e. The van der Waals surface area contributed by atoms with Gasteiger partial charge in [-0.15, -0.1) is 0 Å². The zero-order chi connectivity index (χ0) is 0. The van der Waals surface area contributed by atoms with E-state index in [0.29, 0.717) is 0 Å². The third kappa shape index (κ3) is 15.3. The molecule has 0 unspecified atom stereocenters. The molecule has 31 valence electrons. The fraction of sp³-hybridized carbons (Fsp3) is 0. The van der Waals surface area contributed by atoms with E-state index in [9.17, 15) is 0 Å². The topological polar surface area (TPSA) is 57.0 Å². The maximum absolute atomic E-state index is 0. The summed E-state index contributed by atoms with van der Waals surface area (Å²) in [4.78, 5) is 0. The number of halogens is 1. The Morgan fingerprint density at radius 2 is 0.750 bits per heavy atom. The number of hydrogen-bond donors (Lipinski definition) is 0. The van der Waals surface area contributed by atoms with Crippen molar-refractivity contribution in [2.75, 3.05) is 0 Å². The summed E-state index contributed by atoms with van der Waals surface area (Å²) < 4.78 is 0. The summed E-state index contributed by atoms with van der Waals surface area (Å²) in [7, 11) is 0. The molecule has 0 aliphatic rings. The van der Waals surface area contributed by atoms with E-state index in [1.165, 1.54) is 0 Å². The van der Waals surface area contributed by atoms with Crippen LogP contribution in [0.2, 0.25) is 0 Å². The Labute approximate surface area is 41.1 Å². The first kappa shape index (κ1) is 124. The van der Waals surface area contributed by atoms with Crippen LogP contribution in [0, 0.1) is 0 Å². The van der Waals surface area contributed by atoms with Gasteiger partial charge in [-0.1, -0.05) is 0 Å².